The lowest BCUT2D eigenvalue weighted by Crippen LogP contribution is -2.39. The molecular formula is C14H15F2N3O. The second-order valence-corrected chi connectivity index (χ2v) is 4.81. The summed E-state index contributed by atoms with van der Waals surface area (Å²) >= 11 is 0. The van der Waals surface area contributed by atoms with Gasteiger partial charge in [0.2, 0.25) is 0 Å². The van der Waals surface area contributed by atoms with Gasteiger partial charge in [0.25, 0.3) is 0 Å². The van der Waals surface area contributed by atoms with Crippen molar-refractivity contribution in [1.82, 2.24) is 15.1 Å². The van der Waals surface area contributed by atoms with Gasteiger partial charge in [0.15, 0.2) is 0 Å². The highest BCUT2D eigenvalue weighted by Crippen LogP contribution is 2.25. The highest BCUT2D eigenvalue weighted by atomic mass is 19.1. The van der Waals surface area contributed by atoms with Gasteiger partial charge in [-0.25, -0.2) is 8.78 Å². The summed E-state index contributed by atoms with van der Waals surface area (Å²) in [6, 6.07) is 5.39. The van der Waals surface area contributed by atoms with Crippen molar-refractivity contribution >= 4 is 0 Å². The Kier molecular flexibility index (Phi) is 3.75. The number of hydrogen-bond donors (Lipinski definition) is 1. The Balaban J connectivity index is 1.82. The third kappa shape index (κ3) is 2.71. The molecule has 1 aliphatic rings. The van der Waals surface area contributed by atoms with Gasteiger partial charge in [-0.1, -0.05) is 0 Å². The van der Waals surface area contributed by atoms with E-state index in [0.29, 0.717) is 31.9 Å². The van der Waals surface area contributed by atoms with E-state index in [1.54, 1.807) is 6.20 Å². The van der Waals surface area contributed by atoms with Crippen molar-refractivity contribution in [2.75, 3.05) is 19.8 Å². The van der Waals surface area contributed by atoms with Crippen molar-refractivity contribution in [3.63, 3.8) is 0 Å². The van der Waals surface area contributed by atoms with Crippen molar-refractivity contribution < 1.29 is 13.5 Å². The zero-order valence-electron chi connectivity index (χ0n) is 10.9. The smallest absolute Gasteiger partial charge is 0.127 e. The minimum atomic E-state index is -0.423. The van der Waals surface area contributed by atoms with Crippen LogP contribution in [0.3, 0.4) is 0 Å². The molecule has 0 bridgehead atoms. The molecule has 0 spiro atoms. The van der Waals surface area contributed by atoms with Crippen LogP contribution in [-0.4, -0.2) is 34.9 Å². The van der Waals surface area contributed by atoms with Crippen LogP contribution in [-0.2, 0) is 11.3 Å². The van der Waals surface area contributed by atoms with E-state index in [1.165, 1.54) is 6.07 Å². The normalized spacial score (nSPS) is 20.2. The van der Waals surface area contributed by atoms with E-state index in [2.05, 4.69) is 15.1 Å². The number of rotatable bonds is 3. The summed E-state index contributed by atoms with van der Waals surface area (Å²) in [5.41, 5.74) is 1.28. The average Bonchev–Trinajstić information content (AvgIpc) is 2.97. The molecule has 2 heterocycles. The zero-order chi connectivity index (χ0) is 13.9. The number of ether oxygens (including phenoxy) is 1. The number of H-pyrrole nitrogens is 1. The van der Waals surface area contributed by atoms with E-state index in [-0.39, 0.29) is 11.9 Å². The Morgan fingerprint density at radius 3 is 3.05 bits per heavy atom. The highest BCUT2D eigenvalue weighted by Gasteiger charge is 2.26. The van der Waals surface area contributed by atoms with Gasteiger partial charge in [-0.3, -0.25) is 10.00 Å². The molecule has 106 valence electrons. The first-order chi connectivity index (χ1) is 9.74. The molecule has 1 atom stereocenters. The van der Waals surface area contributed by atoms with Crippen LogP contribution in [0.5, 0.6) is 0 Å². The van der Waals surface area contributed by atoms with Crippen LogP contribution < -0.4 is 0 Å². The number of morpholine rings is 1. The predicted molar refractivity (Wildman–Crippen MR) is 68.9 cm³/mol. The third-order valence-corrected chi connectivity index (χ3v) is 3.50. The van der Waals surface area contributed by atoms with Crippen molar-refractivity contribution in [3.8, 4) is 0 Å². The molecule has 3 rings (SSSR count). The predicted octanol–water partition coefficient (Wildman–Crippen LogP) is 2.26. The Hall–Kier alpha value is -1.79. The summed E-state index contributed by atoms with van der Waals surface area (Å²) in [6.45, 7) is 2.11. The Morgan fingerprint density at radius 1 is 1.35 bits per heavy atom. The fraction of sp³-hybridized carbons (Fsp3) is 0.357. The van der Waals surface area contributed by atoms with Gasteiger partial charge >= 0.3 is 0 Å². The van der Waals surface area contributed by atoms with Crippen LogP contribution in [0.1, 0.15) is 17.3 Å². The lowest BCUT2D eigenvalue weighted by molar-refractivity contribution is -0.0147. The number of aromatic nitrogens is 2. The number of nitrogens with one attached hydrogen (secondary N) is 1. The third-order valence-electron chi connectivity index (χ3n) is 3.50. The van der Waals surface area contributed by atoms with Gasteiger partial charge in [-0.2, -0.15) is 5.10 Å². The van der Waals surface area contributed by atoms with Crippen LogP contribution in [0, 0.1) is 11.6 Å². The molecule has 0 saturated carbocycles. The van der Waals surface area contributed by atoms with Gasteiger partial charge in [-0.05, 0) is 24.3 Å². The minimum Gasteiger partial charge on any atom is -0.378 e. The Morgan fingerprint density at radius 2 is 2.25 bits per heavy atom. The maximum absolute atomic E-state index is 13.7. The van der Waals surface area contributed by atoms with E-state index in [1.807, 2.05) is 6.07 Å². The summed E-state index contributed by atoms with van der Waals surface area (Å²) < 4.78 is 32.5. The standard InChI is InChI=1S/C14H15F2N3O/c15-11-1-2-12(16)10(7-11)8-19-5-6-20-9-14(19)13-3-4-17-18-13/h1-4,7,14H,5-6,8-9H2,(H,17,18)/t14-/m1/s1. The van der Waals surface area contributed by atoms with E-state index in [0.717, 1.165) is 17.8 Å². The van der Waals surface area contributed by atoms with Gasteiger partial charge in [0, 0.05) is 24.8 Å². The average molecular weight is 279 g/mol. The van der Waals surface area contributed by atoms with Gasteiger partial charge in [0.1, 0.15) is 11.6 Å². The summed E-state index contributed by atoms with van der Waals surface area (Å²) in [5, 5.41) is 6.84. The van der Waals surface area contributed by atoms with Crippen molar-refractivity contribution in [2.45, 2.75) is 12.6 Å². The number of benzene rings is 1. The molecule has 0 amide bonds. The van der Waals surface area contributed by atoms with Crippen LogP contribution in [0.2, 0.25) is 0 Å². The van der Waals surface area contributed by atoms with E-state index < -0.39 is 5.82 Å². The molecule has 1 saturated heterocycles. The molecule has 1 N–H and O–H groups in total. The molecule has 0 unspecified atom stereocenters. The molecule has 0 radical (unpaired) electrons. The van der Waals surface area contributed by atoms with Crippen LogP contribution >= 0.6 is 0 Å². The van der Waals surface area contributed by atoms with Crippen LogP contribution in [0.25, 0.3) is 0 Å². The molecule has 1 aliphatic heterocycles. The highest BCUT2D eigenvalue weighted by molar-refractivity contribution is 5.19. The number of aromatic amines is 1. The van der Waals surface area contributed by atoms with E-state index in [9.17, 15) is 8.78 Å². The first-order valence-electron chi connectivity index (χ1n) is 6.49. The Labute approximate surface area is 115 Å². The minimum absolute atomic E-state index is 0.0195. The first-order valence-corrected chi connectivity index (χ1v) is 6.49. The summed E-state index contributed by atoms with van der Waals surface area (Å²) in [4.78, 5) is 2.06. The second kappa shape index (κ2) is 5.68. The molecule has 6 heteroatoms. The number of nitrogens with zero attached hydrogens (tertiary/aromatic N) is 2. The number of hydrogen-bond acceptors (Lipinski definition) is 3. The fourth-order valence-corrected chi connectivity index (χ4v) is 2.45. The molecule has 1 aromatic carbocycles. The van der Waals surface area contributed by atoms with Gasteiger partial charge < -0.3 is 4.74 Å². The SMILES string of the molecule is Fc1ccc(F)c(CN2CCOC[C@@H]2c2ccn[nH]2)c1. The summed E-state index contributed by atoms with van der Waals surface area (Å²) in [5.74, 6) is -0.811. The lowest BCUT2D eigenvalue weighted by Gasteiger charge is -2.34. The topological polar surface area (TPSA) is 41.1 Å². The van der Waals surface area contributed by atoms with Gasteiger partial charge in [0.05, 0.1) is 24.9 Å². The van der Waals surface area contributed by atoms with Crippen molar-refractivity contribution in [2.24, 2.45) is 0 Å². The fourth-order valence-electron chi connectivity index (χ4n) is 2.45. The largest absolute Gasteiger partial charge is 0.378 e. The summed E-state index contributed by atoms with van der Waals surface area (Å²) in [7, 11) is 0. The number of halogens is 2. The maximum atomic E-state index is 13.7. The van der Waals surface area contributed by atoms with E-state index >= 15 is 0 Å². The second-order valence-electron chi connectivity index (χ2n) is 4.81. The summed E-state index contributed by atoms with van der Waals surface area (Å²) in [6.07, 6.45) is 1.67. The van der Waals surface area contributed by atoms with Crippen molar-refractivity contribution in [3.05, 3.63) is 53.4 Å². The molecule has 1 aromatic heterocycles. The molecule has 1 fully saturated rings. The van der Waals surface area contributed by atoms with Crippen LogP contribution in [0.4, 0.5) is 8.78 Å². The monoisotopic (exact) mass is 279 g/mol. The maximum Gasteiger partial charge on any atom is 0.127 e. The van der Waals surface area contributed by atoms with Crippen LogP contribution in [0.15, 0.2) is 30.5 Å². The molecule has 0 aliphatic carbocycles. The zero-order valence-corrected chi connectivity index (χ0v) is 10.9. The van der Waals surface area contributed by atoms with E-state index in [4.69, 9.17) is 4.74 Å². The molecule has 2 aromatic rings. The molecular weight excluding hydrogens is 264 g/mol. The first kappa shape index (κ1) is 13.2. The molecule has 20 heavy (non-hydrogen) atoms. The van der Waals surface area contributed by atoms with Gasteiger partial charge in [-0.15, -0.1) is 0 Å². The molecule has 4 nitrogen and oxygen atoms in total. The Bertz CT molecular complexity index is 574. The van der Waals surface area contributed by atoms with Crippen molar-refractivity contribution in [1.29, 1.82) is 0 Å². The quantitative estimate of drug-likeness (QED) is 0.937. The lowest BCUT2D eigenvalue weighted by atomic mass is 10.1.